The van der Waals surface area contributed by atoms with Gasteiger partial charge in [0, 0.05) is 33.0 Å². The molecule has 0 aliphatic heterocycles. The molecule has 0 radical (unpaired) electrons. The lowest BCUT2D eigenvalue weighted by Gasteiger charge is -2.29. The average molecular weight is 1030 g/mol. The van der Waals surface area contributed by atoms with Gasteiger partial charge in [0.1, 0.15) is 0 Å². The highest BCUT2D eigenvalue weighted by atomic mass is 14.9. The molecular weight excluding hydrogens is 975 g/mol. The fourth-order valence-electron chi connectivity index (χ4n) is 13.6. The van der Waals surface area contributed by atoms with Gasteiger partial charge in [-0.1, -0.05) is 303 Å². The quantitative estimate of drug-likeness (QED) is 0.160. The van der Waals surface area contributed by atoms with E-state index >= 15 is 0 Å². The minimum Gasteiger partial charge on any atom is -0.353 e. The fourth-order valence-corrected chi connectivity index (χ4v) is 13.6. The smallest absolute Gasteiger partial charge is 0.0550 e. The number of benzene rings is 16. The highest BCUT2D eigenvalue weighted by molar-refractivity contribution is 6.28. The molecule has 81 heavy (non-hydrogen) atoms. The third-order valence-corrected chi connectivity index (χ3v) is 17.0. The molecule has 16 aromatic carbocycles. The predicted molar refractivity (Wildman–Crippen MR) is 349 cm³/mol. The Morgan fingerprint density at radius 2 is 0.321 bits per heavy atom. The summed E-state index contributed by atoms with van der Waals surface area (Å²) < 4.78 is 0. The highest BCUT2D eigenvalue weighted by Gasteiger charge is 2.30. The van der Waals surface area contributed by atoms with Crippen LogP contribution in [0.1, 0.15) is 0 Å². The molecule has 0 aromatic heterocycles. The molecule has 1 nitrogen and oxygen atoms in total. The van der Waals surface area contributed by atoms with Gasteiger partial charge < -0.3 is 5.32 Å². The van der Waals surface area contributed by atoms with Crippen LogP contribution in [0.25, 0.3) is 153 Å². The minimum atomic E-state index is 1.04. The van der Waals surface area contributed by atoms with Crippen LogP contribution in [0, 0.1) is 0 Å². The molecule has 1 heteroatoms. The first-order chi connectivity index (χ1) is 40.2. The Morgan fingerprint density at radius 3 is 0.580 bits per heavy atom. The van der Waals surface area contributed by atoms with Crippen LogP contribution in [0.5, 0.6) is 0 Å². The van der Waals surface area contributed by atoms with Crippen molar-refractivity contribution in [3.8, 4) is 66.8 Å². The summed E-state index contributed by atoms with van der Waals surface area (Å²) in [5.41, 5.74) is 16.2. The first-order valence-electron chi connectivity index (χ1n) is 28.1. The predicted octanol–water partition coefficient (Wildman–Crippen LogP) is 22.7. The molecule has 0 atom stereocenters. The van der Waals surface area contributed by atoms with Crippen LogP contribution >= 0.6 is 0 Å². The highest BCUT2D eigenvalue weighted by Crippen LogP contribution is 2.58. The van der Waals surface area contributed by atoms with Crippen molar-refractivity contribution >= 4 is 97.6 Å². The van der Waals surface area contributed by atoms with Crippen LogP contribution in [0.15, 0.2) is 303 Å². The second-order valence-electron chi connectivity index (χ2n) is 21.4. The number of nitrogens with one attached hydrogen (secondary N) is 1. The van der Waals surface area contributed by atoms with E-state index in [-0.39, 0.29) is 0 Å². The zero-order valence-electron chi connectivity index (χ0n) is 44.4. The molecule has 0 heterocycles. The number of anilines is 2. The first kappa shape index (κ1) is 46.5. The lowest BCUT2D eigenvalue weighted by Crippen LogP contribution is -2.05. The lowest BCUT2D eigenvalue weighted by atomic mass is 9.78. The molecule has 1 N–H and O–H groups in total. The number of hydrogen-bond acceptors (Lipinski definition) is 1. The van der Waals surface area contributed by atoms with Gasteiger partial charge in [0.2, 0.25) is 0 Å². The van der Waals surface area contributed by atoms with Crippen molar-refractivity contribution in [2.75, 3.05) is 5.32 Å². The molecule has 0 spiro atoms. The van der Waals surface area contributed by atoms with Crippen LogP contribution in [0.3, 0.4) is 0 Å². The number of hydrogen-bond donors (Lipinski definition) is 1. The van der Waals surface area contributed by atoms with E-state index in [0.29, 0.717) is 0 Å². The summed E-state index contributed by atoms with van der Waals surface area (Å²) in [5, 5.41) is 23.6. The Morgan fingerprint density at radius 1 is 0.136 bits per heavy atom. The maximum absolute atomic E-state index is 4.60. The van der Waals surface area contributed by atoms with Gasteiger partial charge in [0.05, 0.1) is 11.4 Å². The van der Waals surface area contributed by atoms with E-state index in [1.165, 1.54) is 120 Å². The van der Waals surface area contributed by atoms with Gasteiger partial charge in [-0.2, -0.15) is 0 Å². The molecule has 376 valence electrons. The van der Waals surface area contributed by atoms with Gasteiger partial charge in [-0.25, -0.2) is 0 Å². The molecular formula is C80H51N. The van der Waals surface area contributed by atoms with Gasteiger partial charge in [-0.3, -0.25) is 0 Å². The van der Waals surface area contributed by atoms with Crippen LogP contribution in [0.2, 0.25) is 0 Å². The van der Waals surface area contributed by atoms with Crippen LogP contribution in [-0.2, 0) is 0 Å². The maximum Gasteiger partial charge on any atom is 0.0550 e. The molecule has 0 unspecified atom stereocenters. The van der Waals surface area contributed by atoms with E-state index < -0.39 is 0 Å². The van der Waals surface area contributed by atoms with Gasteiger partial charge >= 0.3 is 0 Å². The van der Waals surface area contributed by atoms with E-state index in [1.807, 2.05) is 0 Å². The molecule has 0 fully saturated rings. The average Bonchev–Trinajstić information content (AvgIpc) is 3.71. The van der Waals surface area contributed by atoms with Crippen LogP contribution in [-0.4, -0.2) is 0 Å². The Bertz CT molecular complexity index is 4860. The van der Waals surface area contributed by atoms with Crippen molar-refractivity contribution in [1.82, 2.24) is 0 Å². The van der Waals surface area contributed by atoms with E-state index in [1.54, 1.807) is 0 Å². The van der Waals surface area contributed by atoms with Crippen molar-refractivity contribution < 1.29 is 0 Å². The normalized spacial score (nSPS) is 11.7. The summed E-state index contributed by atoms with van der Waals surface area (Å²) in [6, 6.07) is 113. The van der Waals surface area contributed by atoms with E-state index in [4.69, 9.17) is 0 Å². The molecule has 0 aliphatic carbocycles. The second-order valence-corrected chi connectivity index (χ2v) is 21.4. The van der Waals surface area contributed by atoms with E-state index in [9.17, 15) is 0 Å². The Hall–Kier alpha value is -10.6. The third-order valence-electron chi connectivity index (χ3n) is 17.0. The minimum absolute atomic E-state index is 1.04. The van der Waals surface area contributed by atoms with Gasteiger partial charge in [-0.05, 0) is 120 Å². The molecule has 0 amide bonds. The van der Waals surface area contributed by atoms with Crippen molar-refractivity contribution in [3.05, 3.63) is 303 Å². The van der Waals surface area contributed by atoms with Crippen molar-refractivity contribution in [3.63, 3.8) is 0 Å². The molecule has 16 rings (SSSR count). The SMILES string of the molecule is c1ccc2c(-c3c(-c4cccc5ccccc45)c(-c4cccc5ccccc45)c4ccccc4c3Nc3c(-c4cccc5ccccc45)c(-c4cccc5ccccc45)c(-c4cccc5ccccc45)c4ccccc34)cccc2c1. The Labute approximate surface area is 470 Å². The van der Waals surface area contributed by atoms with Gasteiger partial charge in [0.15, 0.2) is 0 Å². The summed E-state index contributed by atoms with van der Waals surface area (Å²) in [7, 11) is 0. The van der Waals surface area contributed by atoms with Crippen molar-refractivity contribution in [1.29, 1.82) is 0 Å². The first-order valence-corrected chi connectivity index (χ1v) is 28.1. The van der Waals surface area contributed by atoms with Gasteiger partial charge in [0.25, 0.3) is 0 Å². The summed E-state index contributed by atoms with van der Waals surface area (Å²) in [4.78, 5) is 0. The summed E-state index contributed by atoms with van der Waals surface area (Å²) in [6.07, 6.45) is 0. The molecule has 0 saturated heterocycles. The topological polar surface area (TPSA) is 12.0 Å². The maximum atomic E-state index is 4.60. The number of rotatable bonds is 8. The van der Waals surface area contributed by atoms with E-state index in [2.05, 4.69) is 309 Å². The largest absolute Gasteiger partial charge is 0.353 e. The summed E-state index contributed by atoms with van der Waals surface area (Å²) in [6.45, 7) is 0. The van der Waals surface area contributed by atoms with E-state index in [0.717, 1.165) is 44.4 Å². The lowest BCUT2D eigenvalue weighted by molar-refractivity contribution is 1.56. The molecule has 0 aliphatic rings. The van der Waals surface area contributed by atoms with Crippen molar-refractivity contribution in [2.24, 2.45) is 0 Å². The molecule has 16 aromatic rings. The van der Waals surface area contributed by atoms with Crippen LogP contribution < -0.4 is 5.32 Å². The standard InChI is InChI=1S/C80H51N/c1-7-35-57-51(23-1)29-17-45-63(57)73-69-41-13-15-43-71(69)79(77(67-49-21-33-55-27-5-11-39-61(55)67)75(73)65-47-19-31-53-25-3-9-37-59(53)65)81-80-72-44-16-14-42-70(72)74(64-46-18-30-52-24-2-8-36-58(52)64)76(66-48-20-32-54-26-4-10-38-60(54)66)78(80)68-50-22-34-56-28-6-12-40-62(56)68/h1-50,81H. The van der Waals surface area contributed by atoms with Crippen molar-refractivity contribution in [2.45, 2.75) is 0 Å². The number of fused-ring (bicyclic) bond motifs is 8. The summed E-state index contributed by atoms with van der Waals surface area (Å²) in [5.74, 6) is 0. The Balaban J connectivity index is 1.15. The van der Waals surface area contributed by atoms with Gasteiger partial charge in [-0.15, -0.1) is 0 Å². The van der Waals surface area contributed by atoms with Crippen LogP contribution in [0.4, 0.5) is 11.4 Å². The second kappa shape index (κ2) is 19.1. The third kappa shape index (κ3) is 7.47. The zero-order valence-corrected chi connectivity index (χ0v) is 44.4. The Kier molecular flexibility index (Phi) is 11.0. The fraction of sp³-hybridized carbons (Fsp3) is 0. The zero-order chi connectivity index (χ0) is 53.4. The monoisotopic (exact) mass is 1030 g/mol. The molecule has 0 bridgehead atoms. The molecule has 0 saturated carbocycles. The summed E-state index contributed by atoms with van der Waals surface area (Å²) >= 11 is 0.